The fourth-order valence-corrected chi connectivity index (χ4v) is 11.1. The molecular weight excluding hydrogens is 953 g/mol. The van der Waals surface area contributed by atoms with Gasteiger partial charge in [-0.1, -0.05) is 253 Å². The monoisotopic (exact) mass is 1070 g/mol. The highest BCUT2D eigenvalue weighted by molar-refractivity contribution is 5.91. The van der Waals surface area contributed by atoms with Gasteiger partial charge in [-0.3, -0.25) is 24.0 Å². The van der Waals surface area contributed by atoms with E-state index in [2.05, 4.69) is 41.5 Å². The lowest BCUT2D eigenvalue weighted by Crippen LogP contribution is -2.48. The highest BCUT2D eigenvalue weighted by Gasteiger charge is 2.47. The van der Waals surface area contributed by atoms with E-state index in [0.717, 1.165) is 193 Å². The van der Waals surface area contributed by atoms with Gasteiger partial charge in [0.25, 0.3) is 0 Å². The molecule has 0 spiro atoms. The summed E-state index contributed by atoms with van der Waals surface area (Å²) in [5, 5.41) is 12.8. The molecule has 0 fully saturated rings. The number of rotatable bonds is 56. The van der Waals surface area contributed by atoms with Crippen molar-refractivity contribution < 1.29 is 48.1 Å². The molecule has 0 aromatic heterocycles. The van der Waals surface area contributed by atoms with Crippen molar-refractivity contribution >= 4 is 35.3 Å². The van der Waals surface area contributed by atoms with Crippen LogP contribution >= 0.6 is 0 Å². The first-order valence-corrected chi connectivity index (χ1v) is 32.5. The SMILES string of the molecule is CCCCCCCCCC(OC(=O)CC(O)(CC(=O)OC(CCCCCCCCC)C(CCCCCCC)C(C)=O)C(=O)OC(CCCCCCCCC)C(CCCCCCC)C(C)=O)C(CCCCCCC)C(C)=O. The van der Waals surface area contributed by atoms with Gasteiger partial charge in [-0.15, -0.1) is 0 Å². The van der Waals surface area contributed by atoms with Crippen LogP contribution in [0.4, 0.5) is 0 Å². The van der Waals surface area contributed by atoms with Gasteiger partial charge in [0.1, 0.15) is 35.7 Å². The highest BCUT2D eigenvalue weighted by Crippen LogP contribution is 2.32. The van der Waals surface area contributed by atoms with Gasteiger partial charge >= 0.3 is 17.9 Å². The molecule has 0 saturated carbocycles. The van der Waals surface area contributed by atoms with E-state index in [1.165, 1.54) is 39.0 Å². The van der Waals surface area contributed by atoms with E-state index in [0.29, 0.717) is 44.9 Å². The van der Waals surface area contributed by atoms with E-state index < -0.39 is 72.4 Å². The summed E-state index contributed by atoms with van der Waals surface area (Å²) in [5.74, 6) is -4.89. The molecule has 0 aromatic carbocycles. The second kappa shape index (κ2) is 49.4. The average molecular weight is 1080 g/mol. The minimum Gasteiger partial charge on any atom is -0.462 e. The first-order valence-electron chi connectivity index (χ1n) is 32.5. The number of carbonyl (C=O) groups excluding carboxylic acids is 6. The van der Waals surface area contributed by atoms with Crippen molar-refractivity contribution in [2.45, 2.75) is 369 Å². The molecule has 0 amide bonds. The van der Waals surface area contributed by atoms with Gasteiger partial charge in [0.15, 0.2) is 5.60 Å². The number of hydrogen-bond donors (Lipinski definition) is 1. The summed E-state index contributed by atoms with van der Waals surface area (Å²) < 4.78 is 18.9. The molecule has 446 valence electrons. The smallest absolute Gasteiger partial charge is 0.339 e. The molecule has 0 bridgehead atoms. The topological polar surface area (TPSA) is 150 Å². The molecule has 0 aliphatic heterocycles. The molecule has 6 atom stereocenters. The Morgan fingerprint density at radius 3 is 0.724 bits per heavy atom. The molecule has 0 aliphatic carbocycles. The number of ketones is 3. The zero-order valence-corrected chi connectivity index (χ0v) is 51.2. The van der Waals surface area contributed by atoms with Crippen molar-refractivity contribution in [2.75, 3.05) is 0 Å². The Bertz CT molecular complexity index is 1390. The average Bonchev–Trinajstić information content (AvgIpc) is 3.37. The van der Waals surface area contributed by atoms with Crippen LogP contribution < -0.4 is 0 Å². The lowest BCUT2D eigenvalue weighted by atomic mass is 9.87. The van der Waals surface area contributed by atoms with Crippen LogP contribution in [-0.2, 0) is 43.0 Å². The Morgan fingerprint density at radius 1 is 0.303 bits per heavy atom. The van der Waals surface area contributed by atoms with Gasteiger partial charge < -0.3 is 19.3 Å². The molecule has 0 saturated heterocycles. The lowest BCUT2D eigenvalue weighted by molar-refractivity contribution is -0.187. The van der Waals surface area contributed by atoms with Crippen LogP contribution in [0.1, 0.15) is 345 Å². The Balaban J connectivity index is 7.26. The summed E-state index contributed by atoms with van der Waals surface area (Å²) in [4.78, 5) is 84.3. The summed E-state index contributed by atoms with van der Waals surface area (Å²) in [7, 11) is 0. The summed E-state index contributed by atoms with van der Waals surface area (Å²) >= 11 is 0. The van der Waals surface area contributed by atoms with E-state index in [-0.39, 0.29) is 17.3 Å². The predicted octanol–water partition coefficient (Wildman–Crippen LogP) is 18.4. The summed E-state index contributed by atoms with van der Waals surface area (Å²) in [6.45, 7) is 17.7. The van der Waals surface area contributed by atoms with Crippen molar-refractivity contribution in [1.29, 1.82) is 0 Å². The largest absolute Gasteiger partial charge is 0.462 e. The maximum atomic E-state index is 14.9. The molecule has 0 aliphatic rings. The summed E-state index contributed by atoms with van der Waals surface area (Å²) in [6, 6.07) is 0. The molecule has 0 aromatic rings. The van der Waals surface area contributed by atoms with Gasteiger partial charge in [-0.25, -0.2) is 4.79 Å². The van der Waals surface area contributed by atoms with Gasteiger partial charge in [-0.2, -0.15) is 0 Å². The van der Waals surface area contributed by atoms with Crippen LogP contribution in [0.5, 0.6) is 0 Å². The number of ether oxygens (including phenoxy) is 3. The van der Waals surface area contributed by atoms with E-state index in [1.54, 1.807) is 13.8 Å². The van der Waals surface area contributed by atoms with E-state index in [4.69, 9.17) is 14.2 Å². The Kier molecular flexibility index (Phi) is 47.7. The lowest BCUT2D eigenvalue weighted by Gasteiger charge is -2.32. The Labute approximate surface area is 468 Å². The number of esters is 3. The third-order valence-electron chi connectivity index (χ3n) is 16.1. The molecule has 10 heteroatoms. The van der Waals surface area contributed by atoms with Crippen molar-refractivity contribution in [1.82, 2.24) is 0 Å². The van der Waals surface area contributed by atoms with Gasteiger partial charge in [0.05, 0.1) is 30.6 Å². The second-order valence-electron chi connectivity index (χ2n) is 23.4. The van der Waals surface area contributed by atoms with Crippen molar-refractivity contribution in [2.24, 2.45) is 17.8 Å². The number of unbranched alkanes of at least 4 members (excludes halogenated alkanes) is 30. The Morgan fingerprint density at radius 2 is 0.500 bits per heavy atom. The standard InChI is InChI=1S/C66H122O10/c1-10-16-22-28-31-37-43-49-60(57(54(7)67)46-40-34-25-19-13-4)74-63(70)52-66(73,65(72)76-62(51-45-39-33-30-24-18-12-3)59(56(9)69)48-42-36-27-21-15-6)53-64(71)75-61(50-44-38-32-29-23-17-11-2)58(55(8)68)47-41-35-26-20-14-5/h57-62,73H,10-53H2,1-9H3. The first kappa shape index (κ1) is 73.4. The molecular formula is C66H122O10. The second-order valence-corrected chi connectivity index (χ2v) is 23.4. The minimum atomic E-state index is -2.71. The first-order chi connectivity index (χ1) is 36.7. The van der Waals surface area contributed by atoms with E-state index >= 15 is 0 Å². The molecule has 76 heavy (non-hydrogen) atoms. The van der Waals surface area contributed by atoms with Crippen molar-refractivity contribution in [3.63, 3.8) is 0 Å². The predicted molar refractivity (Wildman–Crippen MR) is 314 cm³/mol. The third-order valence-corrected chi connectivity index (χ3v) is 16.1. The van der Waals surface area contributed by atoms with Crippen molar-refractivity contribution in [3.05, 3.63) is 0 Å². The summed E-state index contributed by atoms with van der Waals surface area (Å²) in [5.41, 5.74) is -2.71. The zero-order valence-electron chi connectivity index (χ0n) is 51.2. The number of hydrogen-bond acceptors (Lipinski definition) is 10. The number of carbonyl (C=O) groups is 6. The molecule has 0 radical (unpaired) electrons. The number of aliphatic hydroxyl groups is 1. The van der Waals surface area contributed by atoms with E-state index in [1.807, 2.05) is 0 Å². The van der Waals surface area contributed by atoms with Crippen LogP contribution in [0.2, 0.25) is 0 Å². The summed E-state index contributed by atoms with van der Waals surface area (Å²) in [6.07, 6.45) is 35.7. The molecule has 1 N–H and O–H groups in total. The minimum absolute atomic E-state index is 0.0648. The highest BCUT2D eigenvalue weighted by atomic mass is 16.6. The van der Waals surface area contributed by atoms with Crippen LogP contribution in [0.25, 0.3) is 0 Å². The fourth-order valence-electron chi connectivity index (χ4n) is 11.1. The molecule has 10 nitrogen and oxygen atoms in total. The van der Waals surface area contributed by atoms with Crippen LogP contribution in [0.3, 0.4) is 0 Å². The number of Topliss-reactive ketones (excluding diaryl/α,β-unsaturated/α-hetero) is 3. The zero-order chi connectivity index (χ0) is 56.7. The molecule has 0 heterocycles. The fraction of sp³-hybridized carbons (Fsp3) is 0.909. The van der Waals surface area contributed by atoms with Crippen LogP contribution in [-0.4, -0.2) is 64.3 Å². The third kappa shape index (κ3) is 37.3. The quantitative estimate of drug-likeness (QED) is 0.0354. The van der Waals surface area contributed by atoms with Gasteiger partial charge in [0, 0.05) is 0 Å². The van der Waals surface area contributed by atoms with Gasteiger partial charge in [0.2, 0.25) is 0 Å². The van der Waals surface area contributed by atoms with Gasteiger partial charge in [-0.05, 0) is 78.6 Å². The Hall–Kier alpha value is -2.62. The molecule has 0 rings (SSSR count). The molecule has 6 unspecified atom stereocenters. The van der Waals surface area contributed by atoms with Crippen LogP contribution in [0.15, 0.2) is 0 Å². The van der Waals surface area contributed by atoms with Crippen molar-refractivity contribution in [3.8, 4) is 0 Å². The maximum absolute atomic E-state index is 14.9. The van der Waals surface area contributed by atoms with Crippen LogP contribution in [0, 0.1) is 17.8 Å². The normalized spacial score (nSPS) is 14.8. The van der Waals surface area contributed by atoms with E-state index in [9.17, 15) is 33.9 Å². The maximum Gasteiger partial charge on any atom is 0.339 e.